The van der Waals surface area contributed by atoms with Gasteiger partial charge in [0.1, 0.15) is 12.2 Å². The number of hydrogen-bond acceptors (Lipinski definition) is 6. The van der Waals surface area contributed by atoms with Gasteiger partial charge in [-0.25, -0.2) is 8.42 Å². The van der Waals surface area contributed by atoms with Crippen LogP contribution in [0.15, 0.2) is 29.3 Å². The molecule has 0 aromatic heterocycles. The fourth-order valence-corrected chi connectivity index (χ4v) is 7.15. The Kier molecular flexibility index (Phi) is 5.53. The number of rotatable bonds is 5. The van der Waals surface area contributed by atoms with E-state index in [1.807, 2.05) is 29.2 Å². The number of benzene rings is 1. The summed E-state index contributed by atoms with van der Waals surface area (Å²) in [5, 5.41) is 9.08. The molecule has 0 aliphatic carbocycles. The summed E-state index contributed by atoms with van der Waals surface area (Å²) >= 11 is 1.33. The minimum absolute atomic E-state index is 0.0821. The molecule has 2 saturated heterocycles. The number of carbonyl (C=O) groups excluding carboxylic acids is 1. The van der Waals surface area contributed by atoms with Crippen molar-refractivity contribution in [3.63, 3.8) is 0 Å². The van der Waals surface area contributed by atoms with Gasteiger partial charge >= 0.3 is 0 Å². The molecule has 26 heavy (non-hydrogen) atoms. The molecule has 2 fully saturated rings. The summed E-state index contributed by atoms with van der Waals surface area (Å²) in [6, 6.07) is 9.30. The molecule has 0 saturated carbocycles. The summed E-state index contributed by atoms with van der Waals surface area (Å²) in [5.74, 6) is 0.468. The Labute approximate surface area is 157 Å². The molecule has 0 radical (unpaired) electrons. The quantitative estimate of drug-likeness (QED) is 0.742. The van der Waals surface area contributed by atoms with Crippen LogP contribution in [0.25, 0.3) is 0 Å². The largest absolute Gasteiger partial charge is 0.497 e. The molecule has 0 unspecified atom stereocenters. The van der Waals surface area contributed by atoms with E-state index in [9.17, 15) is 13.2 Å². The molecule has 2 aliphatic heterocycles. The van der Waals surface area contributed by atoms with Crippen LogP contribution >= 0.6 is 11.8 Å². The van der Waals surface area contributed by atoms with Crippen LogP contribution in [0.4, 0.5) is 0 Å². The number of hydrogen-bond donors (Lipinski definition) is 0. The van der Waals surface area contributed by atoms with E-state index in [-0.39, 0.29) is 29.2 Å². The summed E-state index contributed by atoms with van der Waals surface area (Å²) in [6.45, 7) is 0.564. The number of carbonyl (C=O) groups is 1. The van der Waals surface area contributed by atoms with E-state index in [0.717, 1.165) is 11.3 Å². The predicted molar refractivity (Wildman–Crippen MR) is 99.9 cm³/mol. The van der Waals surface area contributed by atoms with E-state index in [0.29, 0.717) is 18.1 Å². The number of amidine groups is 1. The highest BCUT2D eigenvalue weighted by Gasteiger charge is 2.48. The smallest absolute Gasteiger partial charge is 0.262 e. The van der Waals surface area contributed by atoms with Crippen molar-refractivity contribution in [2.24, 2.45) is 4.99 Å². The highest BCUT2D eigenvalue weighted by atomic mass is 32.2. The fourth-order valence-electron chi connectivity index (χ4n) is 3.15. The number of amides is 1. The molecular weight excluding hydrogens is 374 g/mol. The zero-order valence-corrected chi connectivity index (χ0v) is 15.9. The van der Waals surface area contributed by atoms with Crippen LogP contribution in [0.3, 0.4) is 0 Å². The van der Waals surface area contributed by atoms with Crippen molar-refractivity contribution in [3.8, 4) is 11.8 Å². The van der Waals surface area contributed by atoms with Crippen molar-refractivity contribution in [2.75, 3.05) is 25.2 Å². The normalized spacial score (nSPS) is 25.1. The maximum Gasteiger partial charge on any atom is 0.262 e. The van der Waals surface area contributed by atoms with Crippen molar-refractivity contribution in [3.05, 3.63) is 29.8 Å². The van der Waals surface area contributed by atoms with Gasteiger partial charge < -0.3 is 9.64 Å². The number of methoxy groups -OCH3 is 1. The van der Waals surface area contributed by atoms with E-state index in [4.69, 9.17) is 10.00 Å². The summed E-state index contributed by atoms with van der Waals surface area (Å²) in [7, 11) is -1.45. The van der Waals surface area contributed by atoms with E-state index in [2.05, 4.69) is 4.99 Å². The number of fused-ring (bicyclic) bond motifs is 1. The molecule has 138 valence electrons. The topological polar surface area (TPSA) is 99.8 Å². The Morgan fingerprint density at radius 2 is 2.12 bits per heavy atom. The van der Waals surface area contributed by atoms with Crippen molar-refractivity contribution in [1.29, 1.82) is 5.26 Å². The fraction of sp³-hybridized carbons (Fsp3) is 0.471. The SMILES string of the molecule is COc1ccc(CCN2C(=NC(=O)CC#N)S[C@@H]3CS(=O)(=O)C[C@@H]32)cc1. The number of nitrogens with zero attached hydrogens (tertiary/aromatic N) is 3. The van der Waals surface area contributed by atoms with E-state index in [1.54, 1.807) is 13.2 Å². The first-order chi connectivity index (χ1) is 12.4. The van der Waals surface area contributed by atoms with Crippen molar-refractivity contribution < 1.29 is 17.9 Å². The summed E-state index contributed by atoms with van der Waals surface area (Å²) < 4.78 is 29.1. The van der Waals surface area contributed by atoms with Gasteiger partial charge in [0, 0.05) is 11.8 Å². The first-order valence-electron chi connectivity index (χ1n) is 8.17. The molecule has 3 rings (SSSR count). The molecule has 9 heteroatoms. The van der Waals surface area contributed by atoms with Gasteiger partial charge in [-0.2, -0.15) is 10.3 Å². The van der Waals surface area contributed by atoms with Crippen LogP contribution < -0.4 is 4.74 Å². The van der Waals surface area contributed by atoms with Crippen molar-refractivity contribution in [1.82, 2.24) is 4.90 Å². The summed E-state index contributed by atoms with van der Waals surface area (Å²) in [5.41, 5.74) is 1.09. The zero-order valence-electron chi connectivity index (χ0n) is 14.3. The van der Waals surface area contributed by atoms with Gasteiger partial charge in [0.2, 0.25) is 0 Å². The lowest BCUT2D eigenvalue weighted by Gasteiger charge is -2.24. The second-order valence-corrected chi connectivity index (χ2v) is 9.58. The van der Waals surface area contributed by atoms with E-state index >= 15 is 0 Å². The lowest BCUT2D eigenvalue weighted by Crippen LogP contribution is -2.39. The van der Waals surface area contributed by atoms with Gasteiger partial charge in [0.25, 0.3) is 5.91 Å². The Morgan fingerprint density at radius 1 is 1.38 bits per heavy atom. The maximum absolute atomic E-state index is 12.0. The van der Waals surface area contributed by atoms with Crippen molar-refractivity contribution >= 4 is 32.7 Å². The van der Waals surface area contributed by atoms with Crippen molar-refractivity contribution in [2.45, 2.75) is 24.1 Å². The molecule has 0 bridgehead atoms. The first-order valence-corrected chi connectivity index (χ1v) is 10.9. The monoisotopic (exact) mass is 393 g/mol. The third-order valence-electron chi connectivity index (χ3n) is 4.43. The van der Waals surface area contributed by atoms with Crippen LogP contribution in [0.5, 0.6) is 5.75 Å². The van der Waals surface area contributed by atoms with Crippen LogP contribution in [0.1, 0.15) is 12.0 Å². The van der Waals surface area contributed by atoms with Crippen LogP contribution in [0, 0.1) is 11.3 Å². The Balaban J connectivity index is 1.76. The molecule has 1 amide bonds. The average Bonchev–Trinajstić information content (AvgIpc) is 3.05. The van der Waals surface area contributed by atoms with Gasteiger partial charge in [0.15, 0.2) is 15.0 Å². The molecule has 0 spiro atoms. The van der Waals surface area contributed by atoms with Crippen LogP contribution in [-0.4, -0.2) is 60.8 Å². The zero-order chi connectivity index (χ0) is 18.7. The molecule has 2 aliphatic rings. The molecule has 0 N–H and O–H groups in total. The highest BCUT2D eigenvalue weighted by Crippen LogP contribution is 2.38. The Hall–Kier alpha value is -2.05. The second-order valence-electron chi connectivity index (χ2n) is 6.22. The Morgan fingerprint density at radius 3 is 2.77 bits per heavy atom. The molecule has 1 aromatic carbocycles. The molecule has 7 nitrogen and oxygen atoms in total. The summed E-state index contributed by atoms with van der Waals surface area (Å²) in [6.07, 6.45) is 0.420. The first kappa shape index (κ1) is 18.7. The number of ether oxygens (including phenoxy) is 1. The standard InChI is InChI=1S/C17H19N3O4S2/c1-24-13-4-2-12(3-5-13)7-9-20-14-10-26(22,23)11-15(14)25-17(20)19-16(21)6-8-18/h2-5,14-15H,6-7,9-11H2,1H3/t14-,15+/m0/s1. The molecule has 2 atom stereocenters. The maximum atomic E-state index is 12.0. The second kappa shape index (κ2) is 7.68. The van der Waals surface area contributed by atoms with Gasteiger partial charge in [-0.05, 0) is 24.1 Å². The minimum Gasteiger partial charge on any atom is -0.497 e. The number of thioether (sulfide) groups is 1. The van der Waals surface area contributed by atoms with E-state index in [1.165, 1.54) is 11.8 Å². The van der Waals surface area contributed by atoms with Crippen LogP contribution in [0.2, 0.25) is 0 Å². The predicted octanol–water partition coefficient (Wildman–Crippen LogP) is 1.25. The third kappa shape index (κ3) is 4.19. The van der Waals surface area contributed by atoms with Crippen LogP contribution in [-0.2, 0) is 21.1 Å². The Bertz CT molecular complexity index is 859. The number of aliphatic imine (C=N–C) groups is 1. The molecular formula is C17H19N3O4S2. The number of nitriles is 1. The average molecular weight is 393 g/mol. The molecule has 1 aromatic rings. The lowest BCUT2D eigenvalue weighted by atomic mass is 10.1. The van der Waals surface area contributed by atoms with Gasteiger partial charge in [0.05, 0.1) is 30.7 Å². The summed E-state index contributed by atoms with van der Waals surface area (Å²) in [4.78, 5) is 17.7. The number of sulfone groups is 1. The van der Waals surface area contributed by atoms with Gasteiger partial charge in [-0.1, -0.05) is 23.9 Å². The van der Waals surface area contributed by atoms with Gasteiger partial charge in [-0.3, -0.25) is 4.79 Å². The van der Waals surface area contributed by atoms with E-state index < -0.39 is 15.7 Å². The highest BCUT2D eigenvalue weighted by molar-refractivity contribution is 8.15. The molecule has 2 heterocycles. The lowest BCUT2D eigenvalue weighted by molar-refractivity contribution is -0.116. The van der Waals surface area contributed by atoms with Gasteiger partial charge in [-0.15, -0.1) is 0 Å². The third-order valence-corrected chi connectivity index (χ3v) is 7.67. The minimum atomic E-state index is -3.06.